The van der Waals surface area contributed by atoms with Crippen LogP contribution in [0.5, 0.6) is 0 Å². The Labute approximate surface area is 112 Å². The van der Waals surface area contributed by atoms with Crippen LogP contribution in [-0.4, -0.2) is 45.6 Å². The third kappa shape index (κ3) is 14.3. The Kier molecular flexibility index (Phi) is 13.2. The average molecular weight is 274 g/mol. The zero-order valence-electron chi connectivity index (χ0n) is 11.1. The summed E-state index contributed by atoms with van der Waals surface area (Å²) >= 11 is 0. The van der Waals surface area contributed by atoms with Crippen molar-refractivity contribution in [3.05, 3.63) is 23.8 Å². The Morgan fingerprint density at radius 2 is 1.58 bits per heavy atom. The Bertz CT molecular complexity index is 319. The largest absolute Gasteiger partial charge is 0.478 e. The van der Waals surface area contributed by atoms with Crippen molar-refractivity contribution in [3.8, 4) is 0 Å². The standard InChI is InChI=1S/C7H12O3.C6H10O3/c1-6(7(9)10)4-2-3-5-8;1-5(6(8)9)3-2-4-7/h4,8H,2-3,5H2,1H3,(H,9,10);7H,1-4H2,(H,8,9). The fourth-order valence-electron chi connectivity index (χ4n) is 0.897. The zero-order valence-corrected chi connectivity index (χ0v) is 11.1. The Balaban J connectivity index is 0. The molecule has 0 saturated heterocycles. The van der Waals surface area contributed by atoms with Crippen molar-refractivity contribution in [2.75, 3.05) is 13.2 Å². The van der Waals surface area contributed by atoms with Gasteiger partial charge in [0, 0.05) is 24.4 Å². The summed E-state index contributed by atoms with van der Waals surface area (Å²) in [6.45, 7) is 4.96. The Morgan fingerprint density at radius 1 is 1.05 bits per heavy atom. The number of carbonyl (C=O) groups is 2. The number of aliphatic carboxylic acids is 2. The van der Waals surface area contributed by atoms with Gasteiger partial charge in [-0.05, 0) is 32.6 Å². The molecule has 0 aromatic carbocycles. The number of hydrogen-bond donors (Lipinski definition) is 4. The molecule has 6 heteroatoms. The molecule has 0 radical (unpaired) electrons. The van der Waals surface area contributed by atoms with E-state index in [4.69, 9.17) is 20.4 Å². The predicted molar refractivity (Wildman–Crippen MR) is 70.8 cm³/mol. The molecular weight excluding hydrogens is 252 g/mol. The first-order chi connectivity index (χ1) is 8.86. The number of unbranched alkanes of at least 4 members (excludes halogenated alkanes) is 1. The van der Waals surface area contributed by atoms with Crippen LogP contribution < -0.4 is 0 Å². The van der Waals surface area contributed by atoms with Gasteiger partial charge in [0.2, 0.25) is 0 Å². The van der Waals surface area contributed by atoms with E-state index in [0.717, 1.165) is 0 Å². The number of aliphatic hydroxyl groups excluding tert-OH is 2. The van der Waals surface area contributed by atoms with Crippen molar-refractivity contribution in [2.45, 2.75) is 32.6 Å². The molecule has 0 atom stereocenters. The molecule has 6 nitrogen and oxygen atoms in total. The molecule has 0 heterocycles. The SMILES string of the molecule is C=C(CCCO)C(=O)O.CC(=CCCCO)C(=O)O. The lowest BCUT2D eigenvalue weighted by Crippen LogP contribution is -1.99. The van der Waals surface area contributed by atoms with Crippen LogP contribution in [-0.2, 0) is 9.59 Å². The van der Waals surface area contributed by atoms with E-state index in [1.54, 1.807) is 13.0 Å². The van der Waals surface area contributed by atoms with Crippen molar-refractivity contribution in [1.82, 2.24) is 0 Å². The third-order valence-corrected chi connectivity index (χ3v) is 2.09. The number of carboxylic acids is 2. The normalized spacial score (nSPS) is 10.4. The van der Waals surface area contributed by atoms with E-state index in [2.05, 4.69) is 6.58 Å². The van der Waals surface area contributed by atoms with E-state index in [1.807, 2.05) is 0 Å². The highest BCUT2D eigenvalue weighted by molar-refractivity contribution is 5.86. The minimum absolute atomic E-state index is 0.0201. The smallest absolute Gasteiger partial charge is 0.330 e. The molecule has 0 amide bonds. The maximum Gasteiger partial charge on any atom is 0.330 e. The quantitative estimate of drug-likeness (QED) is 0.390. The number of carboxylic acid groups (broad SMARTS) is 2. The molecule has 19 heavy (non-hydrogen) atoms. The van der Waals surface area contributed by atoms with Gasteiger partial charge in [0.15, 0.2) is 0 Å². The molecule has 110 valence electrons. The van der Waals surface area contributed by atoms with Crippen molar-refractivity contribution in [3.63, 3.8) is 0 Å². The van der Waals surface area contributed by atoms with Crippen molar-refractivity contribution >= 4 is 11.9 Å². The van der Waals surface area contributed by atoms with Gasteiger partial charge in [-0.25, -0.2) is 9.59 Å². The topological polar surface area (TPSA) is 115 Å². The van der Waals surface area contributed by atoms with E-state index in [9.17, 15) is 9.59 Å². The minimum Gasteiger partial charge on any atom is -0.478 e. The maximum absolute atomic E-state index is 10.2. The monoisotopic (exact) mass is 274 g/mol. The van der Waals surface area contributed by atoms with Gasteiger partial charge in [-0.1, -0.05) is 12.7 Å². The molecule has 0 aliphatic rings. The summed E-state index contributed by atoms with van der Waals surface area (Å²) in [6, 6.07) is 0. The van der Waals surface area contributed by atoms with Gasteiger partial charge in [-0.15, -0.1) is 0 Å². The van der Waals surface area contributed by atoms with Crippen LogP contribution in [0.25, 0.3) is 0 Å². The second kappa shape index (κ2) is 12.8. The van der Waals surface area contributed by atoms with Crippen LogP contribution >= 0.6 is 0 Å². The van der Waals surface area contributed by atoms with Gasteiger partial charge >= 0.3 is 11.9 Å². The molecular formula is C13H22O6. The number of rotatable bonds is 8. The van der Waals surface area contributed by atoms with Crippen LogP contribution in [0, 0.1) is 0 Å². The highest BCUT2D eigenvalue weighted by atomic mass is 16.4. The van der Waals surface area contributed by atoms with Crippen molar-refractivity contribution in [1.29, 1.82) is 0 Å². The summed E-state index contributed by atoms with van der Waals surface area (Å²) in [6.07, 6.45) is 3.72. The number of aliphatic hydroxyl groups is 2. The summed E-state index contributed by atoms with van der Waals surface area (Å²) in [5.74, 6) is -1.87. The van der Waals surface area contributed by atoms with Crippen molar-refractivity contribution in [2.24, 2.45) is 0 Å². The third-order valence-electron chi connectivity index (χ3n) is 2.09. The molecule has 0 rings (SSSR count). The molecule has 0 fully saturated rings. The highest BCUT2D eigenvalue weighted by Crippen LogP contribution is 2.00. The van der Waals surface area contributed by atoms with Gasteiger partial charge in [0.05, 0.1) is 0 Å². The molecule has 0 bridgehead atoms. The first-order valence-corrected chi connectivity index (χ1v) is 5.89. The molecule has 0 spiro atoms. The van der Waals surface area contributed by atoms with Crippen LogP contribution in [0.15, 0.2) is 23.8 Å². The first-order valence-electron chi connectivity index (χ1n) is 5.89. The molecule has 0 aliphatic heterocycles. The second-order valence-corrected chi connectivity index (χ2v) is 3.79. The predicted octanol–water partition coefficient (Wildman–Crippen LogP) is 1.19. The summed E-state index contributed by atoms with van der Waals surface area (Å²) < 4.78 is 0. The summed E-state index contributed by atoms with van der Waals surface area (Å²) in [5.41, 5.74) is 0.498. The minimum atomic E-state index is -0.983. The fraction of sp³-hybridized carbons (Fsp3) is 0.538. The van der Waals surface area contributed by atoms with E-state index in [1.165, 1.54) is 0 Å². The lowest BCUT2D eigenvalue weighted by molar-refractivity contribution is -0.133. The molecule has 4 N–H and O–H groups in total. The van der Waals surface area contributed by atoms with E-state index in [0.29, 0.717) is 31.3 Å². The molecule has 0 aliphatic carbocycles. The van der Waals surface area contributed by atoms with E-state index in [-0.39, 0.29) is 18.8 Å². The zero-order chi connectivity index (χ0) is 15.3. The van der Waals surface area contributed by atoms with Crippen LogP contribution in [0.2, 0.25) is 0 Å². The Hall–Kier alpha value is -1.66. The van der Waals surface area contributed by atoms with Gasteiger partial charge in [-0.3, -0.25) is 0 Å². The fourth-order valence-corrected chi connectivity index (χ4v) is 0.897. The lowest BCUT2D eigenvalue weighted by atomic mass is 10.2. The Morgan fingerprint density at radius 3 is 1.95 bits per heavy atom. The summed E-state index contributed by atoms with van der Waals surface area (Å²) in [4.78, 5) is 20.2. The highest BCUT2D eigenvalue weighted by Gasteiger charge is 2.01. The maximum atomic E-state index is 10.2. The molecule has 0 aromatic heterocycles. The number of hydrogen-bond acceptors (Lipinski definition) is 4. The molecule has 0 unspecified atom stereocenters. The second-order valence-electron chi connectivity index (χ2n) is 3.79. The van der Waals surface area contributed by atoms with Crippen LogP contribution in [0.1, 0.15) is 32.6 Å². The van der Waals surface area contributed by atoms with Gasteiger partial charge in [0.1, 0.15) is 0 Å². The number of allylic oxidation sites excluding steroid dienone is 1. The van der Waals surface area contributed by atoms with E-state index < -0.39 is 11.9 Å². The van der Waals surface area contributed by atoms with Gasteiger partial charge < -0.3 is 20.4 Å². The van der Waals surface area contributed by atoms with Gasteiger partial charge in [-0.2, -0.15) is 0 Å². The summed E-state index contributed by atoms with van der Waals surface area (Å²) in [5, 5.41) is 33.2. The van der Waals surface area contributed by atoms with E-state index >= 15 is 0 Å². The molecule has 0 saturated carbocycles. The van der Waals surface area contributed by atoms with Crippen molar-refractivity contribution < 1.29 is 30.0 Å². The van der Waals surface area contributed by atoms with Crippen LogP contribution in [0.3, 0.4) is 0 Å². The lowest BCUT2D eigenvalue weighted by Gasteiger charge is -1.94. The average Bonchev–Trinajstić information content (AvgIpc) is 2.36. The van der Waals surface area contributed by atoms with Crippen LogP contribution in [0.4, 0.5) is 0 Å². The first kappa shape index (κ1) is 19.7. The molecule has 0 aromatic rings. The van der Waals surface area contributed by atoms with Gasteiger partial charge in [0.25, 0.3) is 0 Å². The summed E-state index contributed by atoms with van der Waals surface area (Å²) in [7, 11) is 0.